The number of carboxylic acids is 1. The number of sulfonamides is 1. The Morgan fingerprint density at radius 3 is 2.80 bits per heavy atom. The molecular weight excluding hydrogens is 288 g/mol. The Morgan fingerprint density at radius 1 is 1.60 bits per heavy atom. The van der Waals surface area contributed by atoms with E-state index in [1.54, 1.807) is 6.07 Å². The zero-order valence-corrected chi connectivity index (χ0v) is 9.75. The Balaban J connectivity index is 2.82. The summed E-state index contributed by atoms with van der Waals surface area (Å²) in [5, 5.41) is 8.33. The van der Waals surface area contributed by atoms with Gasteiger partial charge in [0.05, 0.1) is 0 Å². The molecule has 8 heteroatoms. The minimum absolute atomic E-state index is 0.0747. The van der Waals surface area contributed by atoms with Crippen molar-refractivity contribution in [2.45, 2.75) is 0 Å². The van der Waals surface area contributed by atoms with Gasteiger partial charge in [0.15, 0.2) is 5.75 Å². The summed E-state index contributed by atoms with van der Waals surface area (Å²) in [5.41, 5.74) is 0. The quantitative estimate of drug-likeness (QED) is 0.851. The molecule has 6 nitrogen and oxygen atoms in total. The lowest BCUT2D eigenvalue weighted by Crippen LogP contribution is -2.22. The highest BCUT2D eigenvalue weighted by atomic mass is 79.9. The van der Waals surface area contributed by atoms with E-state index in [1.807, 2.05) is 4.72 Å². The average molecular weight is 295 g/mol. The molecule has 0 aliphatic carbocycles. The second kappa shape index (κ2) is 4.58. The number of nitrogens with one attached hydrogen (secondary N) is 1. The van der Waals surface area contributed by atoms with E-state index < -0.39 is 21.7 Å². The number of anilines is 1. The van der Waals surface area contributed by atoms with Crippen LogP contribution in [0.15, 0.2) is 22.8 Å². The summed E-state index contributed by atoms with van der Waals surface area (Å²) >= 11 is 3.13. The van der Waals surface area contributed by atoms with E-state index in [0.29, 0.717) is 4.47 Å². The van der Waals surface area contributed by atoms with Crippen molar-refractivity contribution in [3.05, 3.63) is 22.8 Å². The Bertz CT molecular complexity index is 474. The third-order valence-electron chi connectivity index (χ3n) is 1.30. The maximum Gasteiger partial charge on any atom is 0.320 e. The Hall–Kier alpha value is -1.15. The summed E-state index contributed by atoms with van der Waals surface area (Å²) in [4.78, 5) is 13.9. The number of pyridine rings is 1. The van der Waals surface area contributed by atoms with Crippen molar-refractivity contribution in [1.82, 2.24) is 4.98 Å². The molecule has 1 heterocycles. The van der Waals surface area contributed by atoms with Crippen LogP contribution in [0.5, 0.6) is 0 Å². The number of carbonyl (C=O) groups is 1. The van der Waals surface area contributed by atoms with Crippen LogP contribution in [0.25, 0.3) is 0 Å². The molecule has 0 spiro atoms. The molecule has 0 radical (unpaired) electrons. The van der Waals surface area contributed by atoms with Crippen molar-refractivity contribution < 1.29 is 18.3 Å². The molecule has 0 saturated carbocycles. The van der Waals surface area contributed by atoms with E-state index in [4.69, 9.17) is 5.11 Å². The van der Waals surface area contributed by atoms with Gasteiger partial charge in [-0.3, -0.25) is 9.52 Å². The Morgan fingerprint density at radius 2 is 2.27 bits per heavy atom. The van der Waals surface area contributed by atoms with Gasteiger partial charge >= 0.3 is 5.97 Å². The topological polar surface area (TPSA) is 96.4 Å². The van der Waals surface area contributed by atoms with Crippen LogP contribution in [0.4, 0.5) is 5.82 Å². The number of aromatic nitrogens is 1. The fraction of sp³-hybridized carbons (Fsp3) is 0.143. The third-order valence-corrected chi connectivity index (χ3v) is 2.94. The lowest BCUT2D eigenvalue weighted by atomic mass is 10.5. The molecule has 2 N–H and O–H groups in total. The van der Waals surface area contributed by atoms with Gasteiger partial charge in [0, 0.05) is 10.7 Å². The van der Waals surface area contributed by atoms with Crippen LogP contribution in [0.2, 0.25) is 0 Å². The minimum Gasteiger partial charge on any atom is -0.480 e. The highest BCUT2D eigenvalue weighted by Crippen LogP contribution is 2.13. The summed E-state index contributed by atoms with van der Waals surface area (Å²) in [6.45, 7) is 0. The molecular formula is C7H7BrN2O4S. The largest absolute Gasteiger partial charge is 0.480 e. The van der Waals surface area contributed by atoms with Gasteiger partial charge in [0.25, 0.3) is 0 Å². The van der Waals surface area contributed by atoms with Crippen LogP contribution in [-0.2, 0) is 14.8 Å². The fourth-order valence-corrected chi connectivity index (χ4v) is 1.98. The van der Waals surface area contributed by atoms with Crippen molar-refractivity contribution in [2.75, 3.05) is 10.5 Å². The first-order valence-electron chi connectivity index (χ1n) is 3.73. The van der Waals surface area contributed by atoms with Crippen LogP contribution in [0.1, 0.15) is 0 Å². The van der Waals surface area contributed by atoms with Crippen LogP contribution in [0.3, 0.4) is 0 Å². The van der Waals surface area contributed by atoms with Gasteiger partial charge < -0.3 is 5.11 Å². The molecule has 0 aliphatic rings. The van der Waals surface area contributed by atoms with Crippen LogP contribution in [-0.4, -0.2) is 30.2 Å². The predicted molar refractivity (Wildman–Crippen MR) is 57.0 cm³/mol. The first-order chi connectivity index (χ1) is 6.89. The zero-order chi connectivity index (χ0) is 11.5. The normalized spacial score (nSPS) is 11.0. The van der Waals surface area contributed by atoms with E-state index in [1.165, 1.54) is 12.3 Å². The molecule has 0 aliphatic heterocycles. The summed E-state index contributed by atoms with van der Waals surface area (Å²) in [6.07, 6.45) is 1.39. The van der Waals surface area contributed by atoms with E-state index in [0.717, 1.165) is 0 Å². The summed E-state index contributed by atoms with van der Waals surface area (Å²) < 4.78 is 25.0. The standard InChI is InChI=1S/C7H7BrN2O4S/c8-5-1-2-9-6(3-5)10-15(13,14)4-7(11)12/h1-3H,4H2,(H,9,10)(H,11,12). The van der Waals surface area contributed by atoms with Gasteiger partial charge in [-0.25, -0.2) is 13.4 Å². The number of halogens is 1. The summed E-state index contributed by atoms with van der Waals surface area (Å²) in [5.74, 6) is -2.33. The summed E-state index contributed by atoms with van der Waals surface area (Å²) in [6, 6.07) is 3.05. The number of rotatable bonds is 4. The lowest BCUT2D eigenvalue weighted by molar-refractivity contribution is -0.134. The van der Waals surface area contributed by atoms with Crippen LogP contribution in [0, 0.1) is 0 Å². The molecule has 1 aromatic rings. The molecule has 1 rings (SSSR count). The number of carboxylic acid groups (broad SMARTS) is 1. The predicted octanol–water partition coefficient (Wildman–Crippen LogP) is 0.670. The molecule has 0 atom stereocenters. The molecule has 0 bridgehead atoms. The molecule has 0 aromatic carbocycles. The second-order valence-corrected chi connectivity index (χ2v) is 5.25. The Labute approximate surface area is 94.5 Å². The third kappa shape index (κ3) is 4.26. The van der Waals surface area contributed by atoms with Gasteiger partial charge in [0.2, 0.25) is 10.0 Å². The van der Waals surface area contributed by atoms with E-state index >= 15 is 0 Å². The minimum atomic E-state index is -3.88. The fourth-order valence-electron chi connectivity index (χ4n) is 0.819. The van der Waals surface area contributed by atoms with Crippen molar-refractivity contribution in [2.24, 2.45) is 0 Å². The van der Waals surface area contributed by atoms with Gasteiger partial charge in [-0.05, 0) is 12.1 Å². The van der Waals surface area contributed by atoms with Crippen LogP contribution >= 0.6 is 15.9 Å². The molecule has 1 aromatic heterocycles. The first kappa shape index (κ1) is 11.9. The van der Waals surface area contributed by atoms with E-state index in [-0.39, 0.29) is 5.82 Å². The maximum atomic E-state index is 11.2. The number of nitrogens with zero attached hydrogens (tertiary/aromatic N) is 1. The Kier molecular flexibility index (Phi) is 3.64. The van der Waals surface area contributed by atoms with Crippen molar-refractivity contribution in [3.8, 4) is 0 Å². The van der Waals surface area contributed by atoms with Gasteiger partial charge in [-0.1, -0.05) is 15.9 Å². The van der Waals surface area contributed by atoms with E-state index in [9.17, 15) is 13.2 Å². The maximum absolute atomic E-state index is 11.2. The monoisotopic (exact) mass is 294 g/mol. The van der Waals surface area contributed by atoms with Crippen molar-refractivity contribution in [3.63, 3.8) is 0 Å². The van der Waals surface area contributed by atoms with Gasteiger partial charge in [-0.15, -0.1) is 0 Å². The van der Waals surface area contributed by atoms with Crippen molar-refractivity contribution >= 4 is 37.7 Å². The van der Waals surface area contributed by atoms with Crippen LogP contribution < -0.4 is 4.72 Å². The number of hydrogen-bond donors (Lipinski definition) is 2. The zero-order valence-electron chi connectivity index (χ0n) is 7.34. The number of hydrogen-bond acceptors (Lipinski definition) is 4. The molecule has 0 saturated heterocycles. The first-order valence-corrected chi connectivity index (χ1v) is 6.17. The smallest absolute Gasteiger partial charge is 0.320 e. The average Bonchev–Trinajstić information content (AvgIpc) is 1.99. The molecule has 0 fully saturated rings. The SMILES string of the molecule is O=C(O)CS(=O)(=O)Nc1cc(Br)ccn1. The molecule has 0 unspecified atom stereocenters. The summed E-state index contributed by atoms with van der Waals surface area (Å²) in [7, 11) is -3.88. The second-order valence-electron chi connectivity index (χ2n) is 2.61. The molecule has 82 valence electrons. The molecule has 0 amide bonds. The van der Waals surface area contributed by atoms with Crippen molar-refractivity contribution in [1.29, 1.82) is 0 Å². The highest BCUT2D eigenvalue weighted by molar-refractivity contribution is 9.10. The molecule has 15 heavy (non-hydrogen) atoms. The lowest BCUT2D eigenvalue weighted by Gasteiger charge is -2.04. The highest BCUT2D eigenvalue weighted by Gasteiger charge is 2.15. The van der Waals surface area contributed by atoms with Gasteiger partial charge in [0.1, 0.15) is 5.82 Å². The number of aliphatic carboxylic acids is 1. The van der Waals surface area contributed by atoms with E-state index in [2.05, 4.69) is 20.9 Å². The van der Waals surface area contributed by atoms with Gasteiger partial charge in [-0.2, -0.15) is 0 Å².